The lowest BCUT2D eigenvalue weighted by atomic mass is 10.1. The van der Waals surface area contributed by atoms with Gasteiger partial charge in [0.05, 0.1) is 6.20 Å². The standard InChI is InChI=1S/C19H17N3O3/c1-12-6-8-14(9-7-12)18-17(11-20-25-18)19(24)22-16-5-3-4-15(10-16)21-13(2)23/h3-11H,1-2H3,(H,21,23)(H,22,24). The lowest BCUT2D eigenvalue weighted by molar-refractivity contribution is -0.114. The van der Waals surface area contributed by atoms with Crippen molar-refractivity contribution in [2.24, 2.45) is 0 Å². The van der Waals surface area contributed by atoms with E-state index in [0.29, 0.717) is 22.7 Å². The summed E-state index contributed by atoms with van der Waals surface area (Å²) in [4.78, 5) is 23.7. The lowest BCUT2D eigenvalue weighted by Crippen LogP contribution is -2.12. The van der Waals surface area contributed by atoms with Gasteiger partial charge >= 0.3 is 0 Å². The highest BCUT2D eigenvalue weighted by Crippen LogP contribution is 2.25. The van der Waals surface area contributed by atoms with Gasteiger partial charge in [-0.05, 0) is 25.1 Å². The number of anilines is 2. The third-order valence-electron chi connectivity index (χ3n) is 3.57. The average Bonchev–Trinajstić information content (AvgIpc) is 3.05. The fraction of sp³-hybridized carbons (Fsp3) is 0.105. The summed E-state index contributed by atoms with van der Waals surface area (Å²) < 4.78 is 5.26. The Morgan fingerprint density at radius 3 is 2.36 bits per heavy atom. The van der Waals surface area contributed by atoms with Gasteiger partial charge in [-0.1, -0.05) is 41.1 Å². The predicted octanol–water partition coefficient (Wildman–Crippen LogP) is 3.86. The highest BCUT2D eigenvalue weighted by Gasteiger charge is 2.18. The van der Waals surface area contributed by atoms with Crippen molar-refractivity contribution in [1.29, 1.82) is 0 Å². The fourth-order valence-corrected chi connectivity index (χ4v) is 2.39. The van der Waals surface area contributed by atoms with Crippen LogP contribution >= 0.6 is 0 Å². The molecule has 3 rings (SSSR count). The zero-order valence-electron chi connectivity index (χ0n) is 13.9. The molecule has 0 saturated heterocycles. The van der Waals surface area contributed by atoms with Crippen LogP contribution in [0.2, 0.25) is 0 Å². The van der Waals surface area contributed by atoms with Crippen LogP contribution in [0, 0.1) is 6.92 Å². The molecular weight excluding hydrogens is 318 g/mol. The number of hydrogen-bond donors (Lipinski definition) is 2. The van der Waals surface area contributed by atoms with Gasteiger partial charge in [-0.15, -0.1) is 0 Å². The summed E-state index contributed by atoms with van der Waals surface area (Å²) in [6.45, 7) is 3.41. The Hall–Kier alpha value is -3.41. The number of hydrogen-bond acceptors (Lipinski definition) is 4. The second-order valence-corrected chi connectivity index (χ2v) is 5.65. The highest BCUT2D eigenvalue weighted by molar-refractivity contribution is 6.08. The number of aromatic nitrogens is 1. The van der Waals surface area contributed by atoms with Crippen LogP contribution in [-0.4, -0.2) is 17.0 Å². The van der Waals surface area contributed by atoms with Gasteiger partial charge in [-0.3, -0.25) is 9.59 Å². The van der Waals surface area contributed by atoms with Gasteiger partial charge in [0.1, 0.15) is 5.56 Å². The van der Waals surface area contributed by atoms with Crippen molar-refractivity contribution < 1.29 is 14.1 Å². The van der Waals surface area contributed by atoms with Crippen molar-refractivity contribution in [3.05, 3.63) is 65.9 Å². The van der Waals surface area contributed by atoms with E-state index in [0.717, 1.165) is 11.1 Å². The average molecular weight is 335 g/mol. The molecule has 25 heavy (non-hydrogen) atoms. The van der Waals surface area contributed by atoms with E-state index in [1.807, 2.05) is 31.2 Å². The van der Waals surface area contributed by atoms with Gasteiger partial charge in [0.15, 0.2) is 5.76 Å². The molecule has 0 aliphatic rings. The minimum absolute atomic E-state index is 0.177. The molecule has 0 aliphatic carbocycles. The number of nitrogens with zero attached hydrogens (tertiary/aromatic N) is 1. The summed E-state index contributed by atoms with van der Waals surface area (Å²) in [5.74, 6) is -0.100. The molecule has 0 radical (unpaired) electrons. The molecule has 3 aromatic rings. The number of benzene rings is 2. The molecule has 0 spiro atoms. The number of amides is 2. The zero-order chi connectivity index (χ0) is 17.8. The largest absolute Gasteiger partial charge is 0.355 e. The first kappa shape index (κ1) is 16.4. The van der Waals surface area contributed by atoms with Gasteiger partial charge in [0.2, 0.25) is 5.91 Å². The van der Waals surface area contributed by atoms with Crippen LogP contribution in [0.25, 0.3) is 11.3 Å². The molecule has 1 aromatic heterocycles. The molecule has 2 amide bonds. The molecule has 1 heterocycles. The second-order valence-electron chi connectivity index (χ2n) is 5.65. The van der Waals surface area contributed by atoms with Crippen LogP contribution in [-0.2, 0) is 4.79 Å². The Morgan fingerprint density at radius 2 is 1.68 bits per heavy atom. The SMILES string of the molecule is CC(=O)Nc1cccc(NC(=O)c2cnoc2-c2ccc(C)cc2)c1. The molecule has 2 N–H and O–H groups in total. The van der Waals surface area contributed by atoms with E-state index < -0.39 is 0 Å². The normalized spacial score (nSPS) is 10.3. The summed E-state index contributed by atoms with van der Waals surface area (Å²) in [5.41, 5.74) is 3.40. The van der Waals surface area contributed by atoms with Crippen molar-refractivity contribution in [2.45, 2.75) is 13.8 Å². The summed E-state index contributed by atoms with van der Waals surface area (Å²) >= 11 is 0. The monoisotopic (exact) mass is 335 g/mol. The Labute approximate surface area is 144 Å². The number of nitrogens with one attached hydrogen (secondary N) is 2. The molecule has 126 valence electrons. The van der Waals surface area contributed by atoms with Crippen molar-refractivity contribution in [2.75, 3.05) is 10.6 Å². The minimum Gasteiger partial charge on any atom is -0.355 e. The molecule has 6 nitrogen and oxygen atoms in total. The van der Waals surface area contributed by atoms with E-state index >= 15 is 0 Å². The molecule has 6 heteroatoms. The maximum atomic E-state index is 12.6. The van der Waals surface area contributed by atoms with Crippen molar-refractivity contribution in [1.82, 2.24) is 5.16 Å². The lowest BCUT2D eigenvalue weighted by Gasteiger charge is -2.07. The quantitative estimate of drug-likeness (QED) is 0.758. The highest BCUT2D eigenvalue weighted by atomic mass is 16.5. The van der Waals surface area contributed by atoms with Crippen LogP contribution in [0.1, 0.15) is 22.8 Å². The first-order valence-electron chi connectivity index (χ1n) is 7.73. The van der Waals surface area contributed by atoms with Crippen molar-refractivity contribution in [3.63, 3.8) is 0 Å². The number of rotatable bonds is 4. The Morgan fingerprint density at radius 1 is 1.00 bits per heavy atom. The first-order valence-corrected chi connectivity index (χ1v) is 7.73. The third-order valence-corrected chi connectivity index (χ3v) is 3.57. The van der Waals surface area contributed by atoms with E-state index in [9.17, 15) is 9.59 Å². The summed E-state index contributed by atoms with van der Waals surface area (Å²) in [5, 5.41) is 9.21. The summed E-state index contributed by atoms with van der Waals surface area (Å²) in [6, 6.07) is 14.5. The molecule has 0 aliphatic heterocycles. The predicted molar refractivity (Wildman–Crippen MR) is 95.4 cm³/mol. The minimum atomic E-state index is -0.336. The maximum absolute atomic E-state index is 12.6. The van der Waals surface area contributed by atoms with Gasteiger partial charge in [0.25, 0.3) is 5.91 Å². The summed E-state index contributed by atoms with van der Waals surface area (Å²) in [6.07, 6.45) is 1.39. The van der Waals surface area contributed by atoms with E-state index in [1.54, 1.807) is 24.3 Å². The first-order chi connectivity index (χ1) is 12.0. The second kappa shape index (κ2) is 7.00. The van der Waals surface area contributed by atoms with Gasteiger partial charge in [0, 0.05) is 23.9 Å². The maximum Gasteiger partial charge on any atom is 0.261 e. The van der Waals surface area contributed by atoms with Crippen LogP contribution in [0.5, 0.6) is 0 Å². The van der Waals surface area contributed by atoms with E-state index in [1.165, 1.54) is 13.1 Å². The number of carbonyl (C=O) groups excluding carboxylic acids is 2. The molecule has 2 aromatic carbocycles. The van der Waals surface area contributed by atoms with E-state index in [4.69, 9.17) is 4.52 Å². The number of carbonyl (C=O) groups is 2. The van der Waals surface area contributed by atoms with Crippen molar-refractivity contribution >= 4 is 23.2 Å². The van der Waals surface area contributed by atoms with Crippen LogP contribution in [0.4, 0.5) is 11.4 Å². The number of aryl methyl sites for hydroxylation is 1. The molecule has 0 unspecified atom stereocenters. The van der Waals surface area contributed by atoms with Crippen LogP contribution in [0.15, 0.2) is 59.3 Å². The Bertz CT molecular complexity index is 914. The summed E-state index contributed by atoms with van der Waals surface area (Å²) in [7, 11) is 0. The molecule has 0 fully saturated rings. The van der Waals surface area contributed by atoms with Gasteiger partial charge < -0.3 is 15.2 Å². The molecule has 0 atom stereocenters. The van der Waals surface area contributed by atoms with Crippen LogP contribution in [0.3, 0.4) is 0 Å². The van der Waals surface area contributed by atoms with Crippen molar-refractivity contribution in [3.8, 4) is 11.3 Å². The zero-order valence-corrected chi connectivity index (χ0v) is 13.9. The Balaban J connectivity index is 1.82. The third kappa shape index (κ3) is 3.92. The molecule has 0 bridgehead atoms. The van der Waals surface area contributed by atoms with Gasteiger partial charge in [-0.25, -0.2) is 0 Å². The van der Waals surface area contributed by atoms with Crippen LogP contribution < -0.4 is 10.6 Å². The van der Waals surface area contributed by atoms with E-state index in [-0.39, 0.29) is 11.8 Å². The fourth-order valence-electron chi connectivity index (χ4n) is 2.39. The smallest absolute Gasteiger partial charge is 0.261 e. The topological polar surface area (TPSA) is 84.2 Å². The molecule has 0 saturated carbocycles. The Kier molecular flexibility index (Phi) is 4.61. The van der Waals surface area contributed by atoms with E-state index in [2.05, 4.69) is 15.8 Å². The molecular formula is C19H17N3O3. The van der Waals surface area contributed by atoms with Gasteiger partial charge in [-0.2, -0.15) is 0 Å².